The maximum Gasteiger partial charge on any atom is 0.310 e. The number of nitrogens with zero attached hydrogens (tertiary/aromatic N) is 1. The van der Waals surface area contributed by atoms with Crippen molar-refractivity contribution in [3.63, 3.8) is 0 Å². The monoisotopic (exact) mass is 228 g/mol. The highest BCUT2D eigenvalue weighted by Gasteiger charge is 2.42. The van der Waals surface area contributed by atoms with Crippen LogP contribution in [0.3, 0.4) is 0 Å². The normalized spacial score (nSPS) is 30.2. The molecule has 2 atom stereocenters. The van der Waals surface area contributed by atoms with Gasteiger partial charge in [0.15, 0.2) is 0 Å². The molecule has 0 aromatic rings. The van der Waals surface area contributed by atoms with Gasteiger partial charge < -0.3 is 20.1 Å². The Labute approximate surface area is 93.6 Å². The predicted molar refractivity (Wildman–Crippen MR) is 54.9 cm³/mol. The van der Waals surface area contributed by atoms with Crippen LogP contribution >= 0.6 is 0 Å². The zero-order valence-electron chi connectivity index (χ0n) is 9.18. The van der Waals surface area contributed by atoms with Gasteiger partial charge in [-0.05, 0) is 7.05 Å². The summed E-state index contributed by atoms with van der Waals surface area (Å²) in [5.41, 5.74) is 0. The number of hydrogen-bond donors (Lipinski definition) is 2. The number of carboxylic acid groups (broad SMARTS) is 1. The largest absolute Gasteiger partial charge is 0.481 e. The van der Waals surface area contributed by atoms with Crippen molar-refractivity contribution < 1.29 is 19.4 Å². The van der Waals surface area contributed by atoms with Gasteiger partial charge in [0, 0.05) is 19.1 Å². The van der Waals surface area contributed by atoms with Crippen molar-refractivity contribution in [1.82, 2.24) is 10.2 Å². The van der Waals surface area contributed by atoms with Crippen LogP contribution in [0, 0.1) is 11.8 Å². The minimum Gasteiger partial charge on any atom is -0.481 e. The standard InChI is InChI=1S/C10H16N2O4/c1-11-8-5-16-4-7(8)9(13)12-2-6(3-12)10(14)15/h6-8,11H,2-5H2,1H3,(H,14,15). The summed E-state index contributed by atoms with van der Waals surface area (Å²) in [7, 11) is 1.80. The van der Waals surface area contributed by atoms with Gasteiger partial charge in [0.05, 0.1) is 25.0 Å². The molecule has 2 aliphatic heterocycles. The number of carbonyl (C=O) groups is 2. The highest BCUT2D eigenvalue weighted by molar-refractivity contribution is 5.83. The Morgan fingerprint density at radius 3 is 2.62 bits per heavy atom. The number of nitrogens with one attached hydrogen (secondary N) is 1. The van der Waals surface area contributed by atoms with E-state index in [4.69, 9.17) is 9.84 Å². The lowest BCUT2D eigenvalue weighted by molar-refractivity contribution is -0.154. The van der Waals surface area contributed by atoms with Crippen LogP contribution in [0.25, 0.3) is 0 Å². The lowest BCUT2D eigenvalue weighted by Gasteiger charge is -2.38. The van der Waals surface area contributed by atoms with Crippen molar-refractivity contribution in [3.8, 4) is 0 Å². The van der Waals surface area contributed by atoms with Crippen molar-refractivity contribution in [1.29, 1.82) is 0 Å². The molecular formula is C10H16N2O4. The molecule has 6 nitrogen and oxygen atoms in total. The second-order valence-electron chi connectivity index (χ2n) is 4.32. The fourth-order valence-electron chi connectivity index (χ4n) is 2.13. The van der Waals surface area contributed by atoms with Crippen LogP contribution in [0.1, 0.15) is 0 Å². The third-order valence-corrected chi connectivity index (χ3v) is 3.31. The van der Waals surface area contributed by atoms with Crippen LogP contribution in [-0.4, -0.2) is 61.3 Å². The van der Waals surface area contributed by atoms with E-state index >= 15 is 0 Å². The van der Waals surface area contributed by atoms with Gasteiger partial charge in [0.2, 0.25) is 5.91 Å². The van der Waals surface area contributed by atoms with Crippen molar-refractivity contribution in [2.45, 2.75) is 6.04 Å². The Morgan fingerprint density at radius 2 is 2.06 bits per heavy atom. The maximum atomic E-state index is 12.0. The molecule has 2 rings (SSSR count). The third kappa shape index (κ3) is 1.90. The summed E-state index contributed by atoms with van der Waals surface area (Å²) < 4.78 is 5.25. The van der Waals surface area contributed by atoms with Gasteiger partial charge in [-0.25, -0.2) is 0 Å². The molecule has 16 heavy (non-hydrogen) atoms. The Kier molecular flexibility index (Phi) is 3.11. The molecule has 2 N–H and O–H groups in total. The van der Waals surface area contributed by atoms with Crippen molar-refractivity contribution in [2.24, 2.45) is 11.8 Å². The Bertz CT molecular complexity index is 301. The molecule has 1 amide bonds. The number of aliphatic carboxylic acids is 1. The molecule has 0 aromatic carbocycles. The quantitative estimate of drug-likeness (QED) is 0.632. The zero-order valence-corrected chi connectivity index (χ0v) is 9.18. The lowest BCUT2D eigenvalue weighted by Crippen LogP contribution is -2.56. The van der Waals surface area contributed by atoms with Gasteiger partial charge in [0.25, 0.3) is 0 Å². The van der Waals surface area contributed by atoms with E-state index in [1.807, 2.05) is 0 Å². The Hall–Kier alpha value is -1.14. The summed E-state index contributed by atoms with van der Waals surface area (Å²) in [5.74, 6) is -1.37. The summed E-state index contributed by atoms with van der Waals surface area (Å²) in [6, 6.07) is 0.0522. The molecule has 2 fully saturated rings. The lowest BCUT2D eigenvalue weighted by atomic mass is 9.95. The number of likely N-dealkylation sites (tertiary alicyclic amines) is 1. The number of likely N-dealkylation sites (N-methyl/N-ethyl adjacent to an activating group) is 1. The van der Waals surface area contributed by atoms with E-state index in [0.29, 0.717) is 26.3 Å². The number of ether oxygens (including phenoxy) is 1. The van der Waals surface area contributed by atoms with E-state index < -0.39 is 5.97 Å². The van der Waals surface area contributed by atoms with Crippen LogP contribution in [0.5, 0.6) is 0 Å². The summed E-state index contributed by atoms with van der Waals surface area (Å²) in [6.45, 7) is 1.64. The molecule has 0 radical (unpaired) electrons. The van der Waals surface area contributed by atoms with E-state index in [1.54, 1.807) is 11.9 Å². The van der Waals surface area contributed by atoms with Crippen LogP contribution in [0.4, 0.5) is 0 Å². The van der Waals surface area contributed by atoms with Gasteiger partial charge in [-0.1, -0.05) is 0 Å². The second kappa shape index (κ2) is 4.39. The molecule has 0 bridgehead atoms. The van der Waals surface area contributed by atoms with Gasteiger partial charge in [0.1, 0.15) is 0 Å². The van der Waals surface area contributed by atoms with Crippen LogP contribution in [-0.2, 0) is 14.3 Å². The minimum absolute atomic E-state index is 0.00866. The number of amides is 1. The van der Waals surface area contributed by atoms with Gasteiger partial charge in [-0.15, -0.1) is 0 Å². The molecule has 90 valence electrons. The van der Waals surface area contributed by atoms with Crippen LogP contribution < -0.4 is 5.32 Å². The number of hydrogen-bond acceptors (Lipinski definition) is 4. The predicted octanol–water partition coefficient (Wildman–Crippen LogP) is -1.24. The van der Waals surface area contributed by atoms with E-state index in [-0.39, 0.29) is 23.8 Å². The molecule has 0 spiro atoms. The van der Waals surface area contributed by atoms with Crippen LogP contribution in [0.15, 0.2) is 0 Å². The first-order valence-corrected chi connectivity index (χ1v) is 5.40. The average molecular weight is 228 g/mol. The van der Waals surface area contributed by atoms with Crippen molar-refractivity contribution in [2.75, 3.05) is 33.4 Å². The molecule has 0 saturated carbocycles. The fourth-order valence-corrected chi connectivity index (χ4v) is 2.13. The topological polar surface area (TPSA) is 78.9 Å². The third-order valence-electron chi connectivity index (χ3n) is 3.31. The average Bonchev–Trinajstić information content (AvgIpc) is 2.61. The summed E-state index contributed by atoms with van der Waals surface area (Å²) in [4.78, 5) is 24.2. The molecular weight excluding hydrogens is 212 g/mol. The molecule has 0 aromatic heterocycles. The van der Waals surface area contributed by atoms with Gasteiger partial charge in [-0.2, -0.15) is 0 Å². The number of carboxylic acids is 1. The first-order chi connectivity index (χ1) is 7.63. The molecule has 2 unspecified atom stereocenters. The first kappa shape index (κ1) is 11.3. The summed E-state index contributed by atoms with van der Waals surface area (Å²) >= 11 is 0. The fraction of sp³-hybridized carbons (Fsp3) is 0.800. The van der Waals surface area contributed by atoms with E-state index in [0.717, 1.165) is 0 Å². The summed E-state index contributed by atoms with van der Waals surface area (Å²) in [5, 5.41) is 11.8. The SMILES string of the molecule is CNC1COCC1C(=O)N1CC(C(=O)O)C1. The van der Waals surface area contributed by atoms with Crippen molar-refractivity contribution in [3.05, 3.63) is 0 Å². The van der Waals surface area contributed by atoms with Gasteiger partial charge >= 0.3 is 5.97 Å². The van der Waals surface area contributed by atoms with Gasteiger partial charge in [-0.3, -0.25) is 9.59 Å². The summed E-state index contributed by atoms with van der Waals surface area (Å²) in [6.07, 6.45) is 0. The number of carbonyl (C=O) groups excluding carboxylic acids is 1. The van der Waals surface area contributed by atoms with Crippen LogP contribution in [0.2, 0.25) is 0 Å². The van der Waals surface area contributed by atoms with E-state index in [2.05, 4.69) is 5.32 Å². The first-order valence-electron chi connectivity index (χ1n) is 5.40. The second-order valence-corrected chi connectivity index (χ2v) is 4.32. The maximum absolute atomic E-state index is 12.0. The molecule has 0 aliphatic carbocycles. The molecule has 2 aliphatic rings. The molecule has 2 heterocycles. The zero-order chi connectivity index (χ0) is 11.7. The Morgan fingerprint density at radius 1 is 1.38 bits per heavy atom. The van der Waals surface area contributed by atoms with E-state index in [9.17, 15) is 9.59 Å². The highest BCUT2D eigenvalue weighted by Crippen LogP contribution is 2.22. The smallest absolute Gasteiger partial charge is 0.310 e. The van der Waals surface area contributed by atoms with Crippen molar-refractivity contribution >= 4 is 11.9 Å². The molecule has 6 heteroatoms. The minimum atomic E-state index is -0.822. The molecule has 2 saturated heterocycles. The number of rotatable bonds is 3. The Balaban J connectivity index is 1.87. The van der Waals surface area contributed by atoms with E-state index in [1.165, 1.54) is 0 Å². The highest BCUT2D eigenvalue weighted by atomic mass is 16.5.